The SMILES string of the molecule is Clc1ncc(Br)c(NCCc2ccccc2Cl)n1. The molecule has 2 rings (SSSR count). The van der Waals surface area contributed by atoms with Gasteiger partial charge < -0.3 is 5.32 Å². The zero-order valence-corrected chi connectivity index (χ0v) is 12.4. The first-order valence-corrected chi connectivity index (χ1v) is 6.87. The fourth-order valence-electron chi connectivity index (χ4n) is 1.49. The molecule has 0 aliphatic heterocycles. The van der Waals surface area contributed by atoms with Crippen molar-refractivity contribution < 1.29 is 0 Å². The zero-order valence-electron chi connectivity index (χ0n) is 9.33. The van der Waals surface area contributed by atoms with Crippen molar-refractivity contribution in [3.63, 3.8) is 0 Å². The summed E-state index contributed by atoms with van der Waals surface area (Å²) in [7, 11) is 0. The first-order valence-electron chi connectivity index (χ1n) is 5.32. The molecule has 0 unspecified atom stereocenters. The number of rotatable bonds is 4. The van der Waals surface area contributed by atoms with Crippen LogP contribution < -0.4 is 5.32 Å². The van der Waals surface area contributed by atoms with Gasteiger partial charge in [0.25, 0.3) is 0 Å². The summed E-state index contributed by atoms with van der Waals surface area (Å²) in [5.41, 5.74) is 1.10. The molecule has 1 heterocycles. The van der Waals surface area contributed by atoms with Gasteiger partial charge in [0, 0.05) is 17.8 Å². The fraction of sp³-hybridized carbons (Fsp3) is 0.167. The third kappa shape index (κ3) is 3.57. The van der Waals surface area contributed by atoms with E-state index in [9.17, 15) is 0 Å². The Labute approximate surface area is 124 Å². The smallest absolute Gasteiger partial charge is 0.224 e. The van der Waals surface area contributed by atoms with Crippen LogP contribution in [-0.2, 0) is 6.42 Å². The van der Waals surface area contributed by atoms with Gasteiger partial charge in [-0.2, -0.15) is 4.98 Å². The maximum atomic E-state index is 6.08. The van der Waals surface area contributed by atoms with E-state index in [0.717, 1.165) is 28.0 Å². The van der Waals surface area contributed by atoms with Gasteiger partial charge >= 0.3 is 0 Å². The number of anilines is 1. The highest BCUT2D eigenvalue weighted by atomic mass is 79.9. The third-order valence-corrected chi connectivity index (χ3v) is 3.49. The lowest BCUT2D eigenvalue weighted by atomic mass is 10.1. The van der Waals surface area contributed by atoms with Gasteiger partial charge in [0.15, 0.2) is 0 Å². The maximum absolute atomic E-state index is 6.08. The predicted octanol–water partition coefficient (Wildman–Crippen LogP) is 4.20. The molecule has 0 atom stereocenters. The lowest BCUT2D eigenvalue weighted by molar-refractivity contribution is 0.996. The molecule has 0 saturated heterocycles. The normalized spacial score (nSPS) is 10.4. The Morgan fingerprint density at radius 3 is 2.78 bits per heavy atom. The highest BCUT2D eigenvalue weighted by molar-refractivity contribution is 9.10. The molecule has 0 saturated carbocycles. The fourth-order valence-corrected chi connectivity index (χ4v) is 2.18. The lowest BCUT2D eigenvalue weighted by Crippen LogP contribution is -2.07. The van der Waals surface area contributed by atoms with Gasteiger partial charge in [-0.25, -0.2) is 4.98 Å². The third-order valence-electron chi connectivity index (χ3n) is 2.36. The molecule has 2 aromatic rings. The molecule has 1 N–H and O–H groups in total. The number of nitrogens with one attached hydrogen (secondary N) is 1. The van der Waals surface area contributed by atoms with E-state index < -0.39 is 0 Å². The molecule has 1 aromatic carbocycles. The van der Waals surface area contributed by atoms with Gasteiger partial charge in [-0.1, -0.05) is 29.8 Å². The molecule has 94 valence electrons. The van der Waals surface area contributed by atoms with E-state index >= 15 is 0 Å². The molecular formula is C12H10BrCl2N3. The second-order valence-corrected chi connectivity index (χ2v) is 5.20. The van der Waals surface area contributed by atoms with Gasteiger partial charge in [-0.3, -0.25) is 0 Å². The lowest BCUT2D eigenvalue weighted by Gasteiger charge is -2.08. The van der Waals surface area contributed by atoms with E-state index in [2.05, 4.69) is 31.2 Å². The summed E-state index contributed by atoms with van der Waals surface area (Å²) in [4.78, 5) is 7.96. The summed E-state index contributed by atoms with van der Waals surface area (Å²) in [5.74, 6) is 0.682. The van der Waals surface area contributed by atoms with Crippen LogP contribution >= 0.6 is 39.1 Å². The quantitative estimate of drug-likeness (QED) is 0.843. The summed E-state index contributed by atoms with van der Waals surface area (Å²) in [6.07, 6.45) is 2.43. The molecular weight excluding hydrogens is 337 g/mol. The molecule has 6 heteroatoms. The van der Waals surface area contributed by atoms with Crippen molar-refractivity contribution in [2.24, 2.45) is 0 Å². The second kappa shape index (κ2) is 6.36. The highest BCUT2D eigenvalue weighted by Crippen LogP contribution is 2.20. The highest BCUT2D eigenvalue weighted by Gasteiger charge is 2.04. The Morgan fingerprint density at radius 1 is 1.22 bits per heavy atom. The van der Waals surface area contributed by atoms with Crippen LogP contribution in [-0.4, -0.2) is 16.5 Å². The first kappa shape index (κ1) is 13.6. The van der Waals surface area contributed by atoms with Crippen LogP contribution in [0.5, 0.6) is 0 Å². The van der Waals surface area contributed by atoms with Crippen molar-refractivity contribution in [1.29, 1.82) is 0 Å². The van der Waals surface area contributed by atoms with Gasteiger partial charge in [0.05, 0.1) is 4.47 Å². The Bertz CT molecular complexity index is 549. The van der Waals surface area contributed by atoms with Crippen LogP contribution in [0.2, 0.25) is 10.3 Å². The molecule has 18 heavy (non-hydrogen) atoms. The van der Waals surface area contributed by atoms with Crippen molar-refractivity contribution >= 4 is 44.9 Å². The van der Waals surface area contributed by atoms with Gasteiger partial charge in [-0.05, 0) is 45.6 Å². The molecule has 0 radical (unpaired) electrons. The van der Waals surface area contributed by atoms with Crippen molar-refractivity contribution in [2.75, 3.05) is 11.9 Å². The Hall–Kier alpha value is -0.840. The van der Waals surface area contributed by atoms with Crippen molar-refractivity contribution in [3.05, 3.63) is 50.8 Å². The van der Waals surface area contributed by atoms with Crippen LogP contribution in [0.4, 0.5) is 5.82 Å². The number of benzene rings is 1. The first-order chi connectivity index (χ1) is 8.66. The van der Waals surface area contributed by atoms with Crippen LogP contribution in [0.1, 0.15) is 5.56 Å². The summed E-state index contributed by atoms with van der Waals surface area (Å²) in [6, 6.07) is 7.78. The molecule has 0 fully saturated rings. The summed E-state index contributed by atoms with van der Waals surface area (Å²) in [5, 5.41) is 4.19. The van der Waals surface area contributed by atoms with Crippen molar-refractivity contribution in [1.82, 2.24) is 9.97 Å². The largest absolute Gasteiger partial charge is 0.369 e. The maximum Gasteiger partial charge on any atom is 0.224 e. The van der Waals surface area contributed by atoms with E-state index in [1.54, 1.807) is 6.20 Å². The number of hydrogen-bond acceptors (Lipinski definition) is 3. The van der Waals surface area contributed by atoms with Crippen molar-refractivity contribution in [3.8, 4) is 0 Å². The molecule has 0 bridgehead atoms. The summed E-state index contributed by atoms with van der Waals surface area (Å²) < 4.78 is 0.783. The predicted molar refractivity (Wildman–Crippen MR) is 78.4 cm³/mol. The van der Waals surface area contributed by atoms with Crippen LogP contribution in [0.15, 0.2) is 34.9 Å². The molecule has 3 nitrogen and oxygen atoms in total. The van der Waals surface area contributed by atoms with Crippen LogP contribution in [0.3, 0.4) is 0 Å². The minimum Gasteiger partial charge on any atom is -0.369 e. The average Bonchev–Trinajstić information content (AvgIpc) is 2.36. The summed E-state index contributed by atoms with van der Waals surface area (Å²) >= 11 is 15.2. The molecule has 0 spiro atoms. The van der Waals surface area contributed by atoms with Gasteiger partial charge in [0.2, 0.25) is 5.28 Å². The van der Waals surface area contributed by atoms with Crippen LogP contribution in [0.25, 0.3) is 0 Å². The minimum absolute atomic E-state index is 0.221. The average molecular weight is 347 g/mol. The Balaban J connectivity index is 1.96. The van der Waals surface area contributed by atoms with E-state index in [1.807, 2.05) is 24.3 Å². The zero-order chi connectivity index (χ0) is 13.0. The number of nitrogens with zero attached hydrogens (tertiary/aromatic N) is 2. The van der Waals surface area contributed by atoms with E-state index in [-0.39, 0.29) is 5.28 Å². The van der Waals surface area contributed by atoms with E-state index in [4.69, 9.17) is 23.2 Å². The Kier molecular flexibility index (Phi) is 4.80. The Morgan fingerprint density at radius 2 is 2.00 bits per heavy atom. The molecule has 0 aliphatic carbocycles. The van der Waals surface area contributed by atoms with Crippen molar-refractivity contribution in [2.45, 2.75) is 6.42 Å². The van der Waals surface area contributed by atoms with Gasteiger partial charge in [0.1, 0.15) is 5.82 Å². The molecule has 0 aliphatic rings. The van der Waals surface area contributed by atoms with Gasteiger partial charge in [-0.15, -0.1) is 0 Å². The monoisotopic (exact) mass is 345 g/mol. The van der Waals surface area contributed by atoms with E-state index in [0.29, 0.717) is 5.82 Å². The second-order valence-electron chi connectivity index (χ2n) is 3.60. The summed E-state index contributed by atoms with van der Waals surface area (Å²) in [6.45, 7) is 0.718. The molecule has 1 aromatic heterocycles. The molecule has 0 amide bonds. The number of aromatic nitrogens is 2. The van der Waals surface area contributed by atoms with E-state index in [1.165, 1.54) is 0 Å². The standard InChI is InChI=1S/C12H10BrCl2N3/c13-9-7-17-12(15)18-11(9)16-6-5-8-3-1-2-4-10(8)14/h1-4,7H,5-6H2,(H,16,17,18). The van der Waals surface area contributed by atoms with Crippen LogP contribution in [0, 0.1) is 0 Å². The number of hydrogen-bond donors (Lipinski definition) is 1. The minimum atomic E-state index is 0.221. The topological polar surface area (TPSA) is 37.8 Å². The number of halogens is 3.